The quantitative estimate of drug-likeness (QED) is 0.831. The first-order valence-electron chi connectivity index (χ1n) is 6.40. The molecule has 1 saturated heterocycles. The van der Waals surface area contributed by atoms with Crippen LogP contribution in [0, 0.1) is 5.82 Å². The fourth-order valence-corrected chi connectivity index (χ4v) is 2.93. The molecule has 1 saturated carbocycles. The minimum atomic E-state index is -0.384. The number of rotatable bonds is 1. The summed E-state index contributed by atoms with van der Waals surface area (Å²) in [7, 11) is 0. The van der Waals surface area contributed by atoms with Crippen molar-refractivity contribution in [2.45, 2.75) is 37.6 Å². The average molecular weight is 249 g/mol. The van der Waals surface area contributed by atoms with Gasteiger partial charge in [-0.2, -0.15) is 0 Å². The third-order valence-corrected chi connectivity index (χ3v) is 3.88. The lowest BCUT2D eigenvalue weighted by molar-refractivity contribution is 0.237. The van der Waals surface area contributed by atoms with E-state index in [0.717, 1.165) is 31.9 Å². The molecule has 2 fully saturated rings. The molecule has 4 nitrogen and oxygen atoms in total. The van der Waals surface area contributed by atoms with E-state index >= 15 is 0 Å². The molecule has 1 aromatic rings. The first kappa shape index (κ1) is 11.4. The Kier molecular flexibility index (Phi) is 2.69. The summed E-state index contributed by atoms with van der Waals surface area (Å²) in [6, 6.07) is 2.77. The van der Waals surface area contributed by atoms with Crippen LogP contribution in [-0.2, 0) is 0 Å². The lowest BCUT2D eigenvalue weighted by Crippen LogP contribution is -2.44. The highest BCUT2D eigenvalue weighted by molar-refractivity contribution is 5.94. The van der Waals surface area contributed by atoms with Crippen LogP contribution in [-0.4, -0.2) is 23.1 Å². The predicted molar refractivity (Wildman–Crippen MR) is 65.9 cm³/mol. The molecule has 0 atom stereocenters. The van der Waals surface area contributed by atoms with Crippen molar-refractivity contribution < 1.29 is 9.18 Å². The maximum atomic E-state index is 12.8. The van der Waals surface area contributed by atoms with E-state index in [2.05, 4.69) is 10.3 Å². The largest absolute Gasteiger partial charge is 0.330 e. The number of halogens is 1. The number of hydrogen-bond acceptors (Lipinski definition) is 2. The molecule has 1 aliphatic heterocycles. The summed E-state index contributed by atoms with van der Waals surface area (Å²) in [5, 5.41) is 3.09. The van der Waals surface area contributed by atoms with Gasteiger partial charge in [-0.25, -0.2) is 14.2 Å². The van der Waals surface area contributed by atoms with Gasteiger partial charge in [0.15, 0.2) is 0 Å². The molecule has 3 rings (SSSR count). The predicted octanol–water partition coefficient (Wildman–Crippen LogP) is 2.45. The van der Waals surface area contributed by atoms with Gasteiger partial charge in [0, 0.05) is 0 Å². The molecule has 1 aromatic heterocycles. The van der Waals surface area contributed by atoms with Gasteiger partial charge in [0.05, 0.1) is 18.3 Å². The second-order valence-electron chi connectivity index (χ2n) is 5.19. The topological polar surface area (TPSA) is 45.2 Å². The highest BCUT2D eigenvalue weighted by atomic mass is 19.1. The third-order valence-electron chi connectivity index (χ3n) is 3.88. The van der Waals surface area contributed by atoms with Crippen molar-refractivity contribution >= 4 is 11.8 Å². The van der Waals surface area contributed by atoms with Gasteiger partial charge < -0.3 is 5.32 Å². The number of aromatic nitrogens is 1. The molecule has 1 N–H and O–H groups in total. The number of pyridine rings is 1. The monoisotopic (exact) mass is 249 g/mol. The third kappa shape index (κ3) is 1.94. The molecule has 18 heavy (non-hydrogen) atoms. The summed E-state index contributed by atoms with van der Waals surface area (Å²) >= 11 is 0. The number of urea groups is 1. The van der Waals surface area contributed by atoms with Crippen molar-refractivity contribution in [3.05, 3.63) is 24.1 Å². The molecule has 0 bridgehead atoms. The zero-order valence-corrected chi connectivity index (χ0v) is 10.2. The minimum absolute atomic E-state index is 0.0919. The van der Waals surface area contributed by atoms with Gasteiger partial charge in [0.2, 0.25) is 0 Å². The van der Waals surface area contributed by atoms with E-state index in [1.54, 1.807) is 11.0 Å². The first-order valence-corrected chi connectivity index (χ1v) is 6.40. The number of hydrogen-bond donors (Lipinski definition) is 1. The van der Waals surface area contributed by atoms with E-state index in [4.69, 9.17) is 0 Å². The molecule has 2 amide bonds. The normalized spacial score (nSPS) is 22.3. The van der Waals surface area contributed by atoms with Crippen molar-refractivity contribution in [3.8, 4) is 0 Å². The molecule has 0 aromatic carbocycles. The van der Waals surface area contributed by atoms with Crippen LogP contribution in [0.4, 0.5) is 15.0 Å². The first-order chi connectivity index (χ1) is 8.69. The van der Waals surface area contributed by atoms with Crippen LogP contribution in [0.5, 0.6) is 0 Å². The number of carbonyl (C=O) groups is 1. The summed E-state index contributed by atoms with van der Waals surface area (Å²) < 4.78 is 12.8. The smallest absolute Gasteiger partial charge is 0.323 e. The van der Waals surface area contributed by atoms with Gasteiger partial charge in [-0.3, -0.25) is 4.90 Å². The SMILES string of the molecule is O=C1NC2(CCCCC2)CN1c1ccc(F)cn1. The van der Waals surface area contributed by atoms with Gasteiger partial charge in [0.1, 0.15) is 11.6 Å². The minimum Gasteiger partial charge on any atom is -0.330 e. The Labute approximate surface area is 105 Å². The number of nitrogens with zero attached hydrogens (tertiary/aromatic N) is 2. The molecular formula is C13H16FN3O. The number of nitrogens with one attached hydrogen (secondary N) is 1. The van der Waals surface area contributed by atoms with Crippen molar-refractivity contribution in [3.63, 3.8) is 0 Å². The Balaban J connectivity index is 1.82. The maximum absolute atomic E-state index is 12.8. The van der Waals surface area contributed by atoms with Crippen LogP contribution >= 0.6 is 0 Å². The number of amides is 2. The molecule has 0 unspecified atom stereocenters. The zero-order chi connectivity index (χ0) is 12.6. The van der Waals surface area contributed by atoms with E-state index in [1.807, 2.05) is 0 Å². The number of anilines is 1. The van der Waals surface area contributed by atoms with Gasteiger partial charge in [-0.05, 0) is 25.0 Å². The Hall–Kier alpha value is -1.65. The average Bonchev–Trinajstić information content (AvgIpc) is 2.68. The van der Waals surface area contributed by atoms with Gasteiger partial charge in [0.25, 0.3) is 0 Å². The lowest BCUT2D eigenvalue weighted by Gasteiger charge is -2.32. The van der Waals surface area contributed by atoms with E-state index < -0.39 is 0 Å². The summed E-state index contributed by atoms with van der Waals surface area (Å²) in [6.07, 6.45) is 6.75. The van der Waals surface area contributed by atoms with E-state index in [9.17, 15) is 9.18 Å². The Morgan fingerprint density at radius 1 is 1.28 bits per heavy atom. The molecule has 1 aliphatic carbocycles. The van der Waals surface area contributed by atoms with Crippen LogP contribution < -0.4 is 10.2 Å². The molecule has 5 heteroatoms. The Morgan fingerprint density at radius 3 is 2.72 bits per heavy atom. The van der Waals surface area contributed by atoms with Gasteiger partial charge >= 0.3 is 6.03 Å². The molecular weight excluding hydrogens is 233 g/mol. The molecule has 1 spiro atoms. The summed E-state index contributed by atoms with van der Waals surface area (Å²) in [5.74, 6) is 0.141. The van der Waals surface area contributed by atoms with Crippen LogP contribution in [0.3, 0.4) is 0 Å². The lowest BCUT2D eigenvalue weighted by atomic mass is 9.82. The summed E-state index contributed by atoms with van der Waals surface area (Å²) in [4.78, 5) is 17.6. The Morgan fingerprint density at radius 2 is 2.06 bits per heavy atom. The molecule has 96 valence electrons. The van der Waals surface area contributed by atoms with Gasteiger partial charge in [-0.1, -0.05) is 19.3 Å². The van der Waals surface area contributed by atoms with Crippen LogP contribution in [0.2, 0.25) is 0 Å². The van der Waals surface area contributed by atoms with Crippen LogP contribution in [0.1, 0.15) is 32.1 Å². The maximum Gasteiger partial charge on any atom is 0.323 e. The fraction of sp³-hybridized carbons (Fsp3) is 0.538. The fourth-order valence-electron chi connectivity index (χ4n) is 2.93. The molecule has 2 heterocycles. The standard InChI is InChI=1S/C13H16FN3O/c14-10-4-5-11(15-8-10)17-9-13(16-12(17)18)6-2-1-3-7-13/h4-5,8H,1-3,6-7,9H2,(H,16,18). The molecule has 0 radical (unpaired) electrons. The van der Waals surface area contributed by atoms with Crippen molar-refractivity contribution in [1.29, 1.82) is 0 Å². The zero-order valence-electron chi connectivity index (χ0n) is 10.2. The summed E-state index contributed by atoms with van der Waals surface area (Å²) in [6.45, 7) is 0.643. The highest BCUT2D eigenvalue weighted by Gasteiger charge is 2.43. The van der Waals surface area contributed by atoms with E-state index in [-0.39, 0.29) is 17.4 Å². The van der Waals surface area contributed by atoms with Crippen molar-refractivity contribution in [1.82, 2.24) is 10.3 Å². The van der Waals surface area contributed by atoms with Crippen molar-refractivity contribution in [2.24, 2.45) is 0 Å². The highest BCUT2D eigenvalue weighted by Crippen LogP contribution is 2.33. The van der Waals surface area contributed by atoms with Crippen molar-refractivity contribution in [2.75, 3.05) is 11.4 Å². The van der Waals surface area contributed by atoms with Crippen LogP contribution in [0.15, 0.2) is 18.3 Å². The van der Waals surface area contributed by atoms with Crippen LogP contribution in [0.25, 0.3) is 0 Å². The van der Waals surface area contributed by atoms with Gasteiger partial charge in [-0.15, -0.1) is 0 Å². The molecule has 2 aliphatic rings. The number of carbonyl (C=O) groups excluding carboxylic acids is 1. The van der Waals surface area contributed by atoms with E-state index in [1.165, 1.54) is 12.5 Å². The second-order valence-corrected chi connectivity index (χ2v) is 5.19. The van der Waals surface area contributed by atoms with E-state index in [0.29, 0.717) is 12.4 Å². The Bertz CT molecular complexity index is 454. The second kappa shape index (κ2) is 4.23. The summed E-state index contributed by atoms with van der Waals surface area (Å²) in [5.41, 5.74) is -0.0919.